The highest BCUT2D eigenvalue weighted by Crippen LogP contribution is 2.32. The average Bonchev–Trinajstić information content (AvgIpc) is 2.99. The Morgan fingerprint density at radius 2 is 2.08 bits per heavy atom. The number of urea groups is 1. The van der Waals surface area contributed by atoms with Gasteiger partial charge in [0.2, 0.25) is 0 Å². The van der Waals surface area contributed by atoms with Gasteiger partial charge in [-0.3, -0.25) is 0 Å². The van der Waals surface area contributed by atoms with E-state index in [2.05, 4.69) is 21.2 Å². The molecule has 0 aliphatic carbocycles. The number of ether oxygens (including phenoxy) is 2. The normalized spacial score (nSPS) is 14.1. The third-order valence-corrected chi connectivity index (χ3v) is 5.45. The topological polar surface area (TPSA) is 50.8 Å². The van der Waals surface area contributed by atoms with E-state index in [1.54, 1.807) is 23.3 Å². The maximum atomic E-state index is 12.4. The lowest BCUT2D eigenvalue weighted by Crippen LogP contribution is -2.38. The van der Waals surface area contributed by atoms with Gasteiger partial charge in [0.05, 0.1) is 12.6 Å². The number of thiophene rings is 1. The van der Waals surface area contributed by atoms with Crippen molar-refractivity contribution < 1.29 is 14.3 Å². The fourth-order valence-electron chi connectivity index (χ4n) is 2.45. The number of rotatable bonds is 4. The molecule has 2 amide bonds. The van der Waals surface area contributed by atoms with Gasteiger partial charge in [0.25, 0.3) is 0 Å². The standard InChI is InChI=1S/C17H19BrN2O3S/c1-11(12-3-4-15-16(7-12)23-6-5-22-15)19-17(21)20(2)9-14-8-13(18)10-24-14/h3-4,7-8,10-11H,5-6,9H2,1-2H3,(H,19,21). The van der Waals surface area contributed by atoms with Crippen molar-refractivity contribution >= 4 is 33.3 Å². The van der Waals surface area contributed by atoms with E-state index in [0.717, 1.165) is 26.4 Å². The van der Waals surface area contributed by atoms with Crippen LogP contribution in [-0.4, -0.2) is 31.2 Å². The van der Waals surface area contributed by atoms with E-state index in [1.165, 1.54) is 0 Å². The summed E-state index contributed by atoms with van der Waals surface area (Å²) in [4.78, 5) is 15.2. The van der Waals surface area contributed by atoms with Crippen LogP contribution >= 0.6 is 27.3 Å². The Kier molecular flexibility index (Phi) is 5.30. The van der Waals surface area contributed by atoms with Crippen LogP contribution in [0.25, 0.3) is 0 Å². The van der Waals surface area contributed by atoms with E-state index in [4.69, 9.17) is 9.47 Å². The van der Waals surface area contributed by atoms with Crippen molar-refractivity contribution in [1.29, 1.82) is 0 Å². The predicted molar refractivity (Wildman–Crippen MR) is 97.9 cm³/mol. The second-order valence-corrected chi connectivity index (χ2v) is 7.57. The van der Waals surface area contributed by atoms with Crippen molar-refractivity contribution in [2.24, 2.45) is 0 Å². The number of fused-ring (bicyclic) bond motifs is 1. The van der Waals surface area contributed by atoms with Crippen LogP contribution in [-0.2, 0) is 6.54 Å². The Labute approximate surface area is 153 Å². The third-order valence-electron chi connectivity index (χ3n) is 3.77. The molecule has 0 bridgehead atoms. The number of carbonyl (C=O) groups excluding carboxylic acids is 1. The molecule has 7 heteroatoms. The molecular weight excluding hydrogens is 392 g/mol. The number of hydrogen-bond donors (Lipinski definition) is 1. The third kappa shape index (κ3) is 4.02. The summed E-state index contributed by atoms with van der Waals surface area (Å²) in [6.45, 7) is 3.66. The second-order valence-electron chi connectivity index (χ2n) is 5.66. The van der Waals surface area contributed by atoms with Gasteiger partial charge in [0.15, 0.2) is 11.5 Å². The van der Waals surface area contributed by atoms with Gasteiger partial charge in [0.1, 0.15) is 13.2 Å². The van der Waals surface area contributed by atoms with Gasteiger partial charge in [-0.1, -0.05) is 6.07 Å². The Hall–Kier alpha value is -1.73. The predicted octanol–water partition coefficient (Wildman–Crippen LogP) is 4.18. The average molecular weight is 411 g/mol. The zero-order valence-corrected chi connectivity index (χ0v) is 15.9. The maximum Gasteiger partial charge on any atom is 0.317 e. The lowest BCUT2D eigenvalue weighted by atomic mass is 10.1. The lowest BCUT2D eigenvalue weighted by Gasteiger charge is -2.23. The summed E-state index contributed by atoms with van der Waals surface area (Å²) < 4.78 is 12.2. The van der Waals surface area contributed by atoms with Crippen molar-refractivity contribution in [3.05, 3.63) is 44.6 Å². The molecule has 1 unspecified atom stereocenters. The number of halogens is 1. The molecule has 2 aromatic rings. The monoisotopic (exact) mass is 410 g/mol. The highest BCUT2D eigenvalue weighted by atomic mass is 79.9. The van der Waals surface area contributed by atoms with E-state index in [9.17, 15) is 4.79 Å². The van der Waals surface area contributed by atoms with E-state index >= 15 is 0 Å². The van der Waals surface area contributed by atoms with Crippen molar-refractivity contribution in [3.8, 4) is 11.5 Å². The molecule has 0 radical (unpaired) electrons. The Balaban J connectivity index is 1.61. The van der Waals surface area contributed by atoms with Crippen LogP contribution in [0, 0.1) is 0 Å². The number of nitrogens with zero attached hydrogens (tertiary/aromatic N) is 1. The maximum absolute atomic E-state index is 12.4. The van der Waals surface area contributed by atoms with Crippen molar-refractivity contribution in [1.82, 2.24) is 10.2 Å². The first kappa shape index (κ1) is 17.1. The van der Waals surface area contributed by atoms with Gasteiger partial charge in [-0.2, -0.15) is 0 Å². The molecule has 0 saturated carbocycles. The molecule has 5 nitrogen and oxygen atoms in total. The van der Waals surface area contributed by atoms with Crippen LogP contribution < -0.4 is 14.8 Å². The minimum Gasteiger partial charge on any atom is -0.486 e. The fourth-order valence-corrected chi connectivity index (χ4v) is 3.95. The van der Waals surface area contributed by atoms with Crippen LogP contribution in [0.15, 0.2) is 34.1 Å². The SMILES string of the molecule is CC(NC(=O)N(C)Cc1cc(Br)cs1)c1ccc2c(c1)OCCO2. The minimum absolute atomic E-state index is 0.109. The summed E-state index contributed by atoms with van der Waals surface area (Å²) >= 11 is 5.06. The first-order chi connectivity index (χ1) is 11.5. The molecule has 1 N–H and O–H groups in total. The molecule has 3 rings (SSSR count). The minimum atomic E-state index is -0.120. The van der Waals surface area contributed by atoms with Gasteiger partial charge >= 0.3 is 6.03 Å². The molecule has 1 atom stereocenters. The molecule has 1 aliphatic rings. The van der Waals surface area contributed by atoms with Gasteiger partial charge in [-0.25, -0.2) is 4.79 Å². The molecule has 1 aliphatic heterocycles. The zero-order chi connectivity index (χ0) is 17.1. The molecule has 1 aromatic carbocycles. The summed E-state index contributed by atoms with van der Waals surface area (Å²) in [6.07, 6.45) is 0. The van der Waals surface area contributed by atoms with Crippen molar-refractivity contribution in [2.75, 3.05) is 20.3 Å². The highest BCUT2D eigenvalue weighted by Gasteiger charge is 2.17. The number of benzene rings is 1. The first-order valence-electron chi connectivity index (χ1n) is 7.67. The molecule has 0 saturated heterocycles. The molecule has 2 heterocycles. The van der Waals surface area contributed by atoms with Crippen molar-refractivity contribution in [2.45, 2.75) is 19.5 Å². The first-order valence-corrected chi connectivity index (χ1v) is 9.34. The smallest absolute Gasteiger partial charge is 0.317 e. The van der Waals surface area contributed by atoms with Gasteiger partial charge in [0, 0.05) is 21.8 Å². The summed E-state index contributed by atoms with van der Waals surface area (Å²) in [6, 6.07) is 7.57. The molecule has 1 aromatic heterocycles. The van der Waals surface area contributed by atoms with Crippen molar-refractivity contribution in [3.63, 3.8) is 0 Å². The molecular formula is C17H19BrN2O3S. The molecule has 0 spiro atoms. The van der Waals surface area contributed by atoms with Gasteiger partial charge < -0.3 is 19.7 Å². The number of nitrogens with one attached hydrogen (secondary N) is 1. The number of carbonyl (C=O) groups is 1. The molecule has 128 valence electrons. The van der Waals surface area contributed by atoms with Gasteiger partial charge in [-0.15, -0.1) is 11.3 Å². The summed E-state index contributed by atoms with van der Waals surface area (Å²) in [5.41, 5.74) is 0.986. The Bertz CT molecular complexity index is 734. The molecule has 0 fully saturated rings. The van der Waals surface area contributed by atoms with E-state index in [0.29, 0.717) is 19.8 Å². The van der Waals surface area contributed by atoms with Crippen LogP contribution in [0.1, 0.15) is 23.4 Å². The van der Waals surface area contributed by atoms with E-state index < -0.39 is 0 Å². The van der Waals surface area contributed by atoms with Crippen LogP contribution in [0.5, 0.6) is 11.5 Å². The largest absolute Gasteiger partial charge is 0.486 e. The Morgan fingerprint density at radius 3 is 2.79 bits per heavy atom. The van der Waals surface area contributed by atoms with Gasteiger partial charge in [-0.05, 0) is 46.6 Å². The summed E-state index contributed by atoms with van der Waals surface area (Å²) in [5.74, 6) is 1.49. The lowest BCUT2D eigenvalue weighted by molar-refractivity contribution is 0.171. The number of amides is 2. The quantitative estimate of drug-likeness (QED) is 0.821. The zero-order valence-electron chi connectivity index (χ0n) is 13.5. The van der Waals surface area contributed by atoms with E-state index in [-0.39, 0.29) is 12.1 Å². The molecule has 24 heavy (non-hydrogen) atoms. The fraction of sp³-hybridized carbons (Fsp3) is 0.353. The Morgan fingerprint density at radius 1 is 1.33 bits per heavy atom. The second kappa shape index (κ2) is 7.44. The summed E-state index contributed by atoms with van der Waals surface area (Å²) in [7, 11) is 1.79. The van der Waals surface area contributed by atoms with Crippen LogP contribution in [0.2, 0.25) is 0 Å². The van der Waals surface area contributed by atoms with Crippen LogP contribution in [0.4, 0.5) is 4.79 Å². The highest BCUT2D eigenvalue weighted by molar-refractivity contribution is 9.10. The summed E-state index contributed by atoms with van der Waals surface area (Å²) in [5, 5.41) is 5.03. The number of hydrogen-bond acceptors (Lipinski definition) is 4. The van der Waals surface area contributed by atoms with E-state index in [1.807, 2.05) is 36.6 Å². The van der Waals surface area contributed by atoms with Crippen LogP contribution in [0.3, 0.4) is 0 Å².